The number of carbonyl (C=O) groups is 3. The predicted molar refractivity (Wildman–Crippen MR) is 325 cm³/mol. The minimum atomic E-state index is -1.42. The summed E-state index contributed by atoms with van der Waals surface area (Å²) in [5.41, 5.74) is 4.03. The van der Waals surface area contributed by atoms with Gasteiger partial charge in [-0.05, 0) is 83.6 Å². The molecule has 2 fully saturated rings. The van der Waals surface area contributed by atoms with Gasteiger partial charge in [-0.3, -0.25) is 20.2 Å². The van der Waals surface area contributed by atoms with Crippen LogP contribution in [-0.4, -0.2) is 195 Å². The summed E-state index contributed by atoms with van der Waals surface area (Å²) in [6.45, 7) is -1.65. The molecule has 92 heavy (non-hydrogen) atoms. The molecule has 4 amide bonds. The normalized spacial score (nSPS) is 19.5. The van der Waals surface area contributed by atoms with E-state index in [9.17, 15) is 45.0 Å². The van der Waals surface area contributed by atoms with Crippen molar-refractivity contribution in [1.29, 1.82) is 0 Å². The van der Waals surface area contributed by atoms with Crippen molar-refractivity contribution < 1.29 is 64.0 Å². The van der Waals surface area contributed by atoms with Crippen LogP contribution < -0.4 is 50.8 Å². The third kappa shape index (κ3) is 12.4. The van der Waals surface area contributed by atoms with E-state index < -0.39 is 91.7 Å². The minimum Gasteiger partial charge on any atom is -0.497 e. The molecular formula is C59H62N20O13. The zero-order valence-electron chi connectivity index (χ0n) is 49.5. The van der Waals surface area contributed by atoms with Gasteiger partial charge in [0.05, 0.1) is 77.3 Å². The SMILES string of the molecule is COc1ccc(C(Nc2nc(-n3cnc(NC(=O)Nc4ncn(-c5nc(NC(c6ccc(OC)cc6)c6ccc(OC)cc6)c6ncn([C@@H]7C[C@H](NC(=O)CO)[C@@H](O)[C@H]7O)c6n5)n4)n3)nc3c2ncn3[C@@H]2C[C@H](NC(=O)CO)[C@@H](O)[C@H]2O)c2ccc(OC)cc2)cc1. The van der Waals surface area contributed by atoms with E-state index in [1.165, 1.54) is 34.7 Å². The van der Waals surface area contributed by atoms with E-state index >= 15 is 0 Å². The number of anilines is 4. The number of aromatic nitrogens is 14. The zero-order chi connectivity index (χ0) is 64.3. The second-order valence-electron chi connectivity index (χ2n) is 21.5. The molecule has 2 aliphatic carbocycles. The second kappa shape index (κ2) is 26.2. The molecule has 2 aliphatic rings. The molecule has 8 atom stereocenters. The Bertz CT molecular complexity index is 3900. The Morgan fingerprint density at radius 3 is 1.13 bits per heavy atom. The van der Waals surface area contributed by atoms with Gasteiger partial charge >= 0.3 is 6.03 Å². The Morgan fingerprint density at radius 1 is 0.478 bits per heavy atom. The fraction of sp³-hybridized carbons (Fsp3) is 0.305. The number of ether oxygens (including phenoxy) is 4. The van der Waals surface area contributed by atoms with Crippen LogP contribution in [-0.2, 0) is 9.59 Å². The van der Waals surface area contributed by atoms with Crippen molar-refractivity contribution in [3.8, 4) is 34.9 Å². The molecule has 6 heterocycles. The molecule has 476 valence electrons. The largest absolute Gasteiger partial charge is 0.497 e. The van der Waals surface area contributed by atoms with Crippen molar-refractivity contribution in [1.82, 2.24) is 79.2 Å². The molecule has 0 spiro atoms. The van der Waals surface area contributed by atoms with Crippen molar-refractivity contribution in [2.24, 2.45) is 0 Å². The summed E-state index contributed by atoms with van der Waals surface area (Å²) in [6, 6.07) is 23.9. The molecule has 0 saturated heterocycles. The molecule has 12 rings (SSSR count). The highest BCUT2D eigenvalue weighted by Crippen LogP contribution is 2.39. The van der Waals surface area contributed by atoms with Crippen LogP contribution in [0, 0.1) is 0 Å². The molecule has 0 radical (unpaired) electrons. The highest BCUT2D eigenvalue weighted by Gasteiger charge is 2.45. The van der Waals surface area contributed by atoms with E-state index in [1.807, 2.05) is 97.1 Å². The summed E-state index contributed by atoms with van der Waals surface area (Å²) < 4.78 is 27.3. The lowest BCUT2D eigenvalue weighted by Gasteiger charge is -2.22. The van der Waals surface area contributed by atoms with Crippen molar-refractivity contribution in [3.63, 3.8) is 0 Å². The highest BCUT2D eigenvalue weighted by atomic mass is 16.5. The van der Waals surface area contributed by atoms with Crippen LogP contribution in [0.3, 0.4) is 0 Å². The number of hydrogen-bond donors (Lipinski definition) is 12. The first-order chi connectivity index (χ1) is 44.6. The van der Waals surface area contributed by atoms with E-state index in [0.29, 0.717) is 23.0 Å². The van der Waals surface area contributed by atoms with Crippen LogP contribution >= 0.6 is 0 Å². The second-order valence-corrected chi connectivity index (χ2v) is 21.5. The van der Waals surface area contributed by atoms with E-state index in [-0.39, 0.29) is 70.6 Å². The van der Waals surface area contributed by atoms with Gasteiger partial charge in [0.1, 0.15) is 73.3 Å². The van der Waals surface area contributed by atoms with Gasteiger partial charge in [0.25, 0.3) is 23.8 Å². The van der Waals surface area contributed by atoms with Crippen LogP contribution in [0.5, 0.6) is 23.0 Å². The van der Waals surface area contributed by atoms with E-state index in [0.717, 1.165) is 22.3 Å². The van der Waals surface area contributed by atoms with Crippen LogP contribution in [0.15, 0.2) is 122 Å². The molecule has 0 unspecified atom stereocenters. The first kappa shape index (κ1) is 61.3. The van der Waals surface area contributed by atoms with Gasteiger partial charge in [-0.25, -0.2) is 14.8 Å². The van der Waals surface area contributed by atoms with Crippen molar-refractivity contribution in [3.05, 3.63) is 145 Å². The van der Waals surface area contributed by atoms with Gasteiger partial charge in [-0.2, -0.15) is 39.3 Å². The van der Waals surface area contributed by atoms with Crippen LogP contribution in [0.1, 0.15) is 59.3 Å². The molecule has 33 nitrogen and oxygen atoms in total. The Balaban J connectivity index is 0.853. The van der Waals surface area contributed by atoms with Gasteiger partial charge in [-0.15, -0.1) is 10.2 Å². The highest BCUT2D eigenvalue weighted by molar-refractivity contribution is 5.97. The van der Waals surface area contributed by atoms with Crippen LogP contribution in [0.2, 0.25) is 0 Å². The first-order valence-corrected chi connectivity index (χ1v) is 28.7. The molecule has 0 bridgehead atoms. The van der Waals surface area contributed by atoms with Gasteiger partial charge in [0.2, 0.25) is 11.8 Å². The number of rotatable bonds is 22. The topological polar surface area (TPSA) is 430 Å². The Kier molecular flexibility index (Phi) is 17.5. The number of aliphatic hydroxyl groups is 6. The molecule has 6 aromatic heterocycles. The summed E-state index contributed by atoms with van der Waals surface area (Å²) in [5, 5.41) is 90.2. The van der Waals surface area contributed by atoms with Gasteiger partial charge in [0, 0.05) is 0 Å². The Morgan fingerprint density at radius 2 is 0.815 bits per heavy atom. The summed E-state index contributed by atoms with van der Waals surface area (Å²) in [5.74, 6) is 0.814. The lowest BCUT2D eigenvalue weighted by atomic mass is 9.98. The number of nitrogens with one attached hydrogen (secondary N) is 6. The molecule has 4 aromatic carbocycles. The molecule has 0 aliphatic heterocycles. The first-order valence-electron chi connectivity index (χ1n) is 28.7. The summed E-state index contributed by atoms with van der Waals surface area (Å²) in [7, 11) is 6.26. The Labute approximate surface area is 521 Å². The third-order valence-electron chi connectivity index (χ3n) is 16.0. The number of amides is 4. The van der Waals surface area contributed by atoms with Crippen molar-refractivity contribution in [2.75, 3.05) is 62.9 Å². The minimum absolute atomic E-state index is 0.0264. The van der Waals surface area contributed by atoms with E-state index in [4.69, 9.17) is 48.9 Å². The van der Waals surface area contributed by atoms with Crippen molar-refractivity contribution in [2.45, 2.75) is 73.5 Å². The predicted octanol–water partition coefficient (Wildman–Crippen LogP) is 1.50. The molecule has 33 heteroatoms. The summed E-state index contributed by atoms with van der Waals surface area (Å²) in [4.78, 5) is 75.7. The van der Waals surface area contributed by atoms with Crippen molar-refractivity contribution >= 4 is 63.7 Å². The number of benzene rings is 4. The number of carbonyl (C=O) groups excluding carboxylic acids is 3. The monoisotopic (exact) mass is 1260 g/mol. The van der Waals surface area contributed by atoms with Crippen LogP contribution in [0.25, 0.3) is 34.2 Å². The number of fused-ring (bicyclic) bond motifs is 2. The maximum atomic E-state index is 13.8. The lowest BCUT2D eigenvalue weighted by molar-refractivity contribution is -0.126. The standard InChI is InChI=1S/C59H62N20O13/c1-89-33-13-5-29(6-14-33)43(30-7-15-34(90-2)16-8-30)66-51-45-53(76(25-60-45)39-21-37(47(84)49(39)86)64-41(82)23-80)70-57(68-51)78-27-62-55(74-78)72-59(88)73-56-63-28-79(75-56)58-69-52(67-44(31-9-17-35(91-3)18-10-31)32-11-19-36(92-4)20-12-32)46-54(71-58)77(26-61-46)40-22-38(48(85)50(40)87)65-42(83)24-81/h5-20,25-28,37-40,43-44,47-50,80-81,84-87H,21-24H2,1-4H3,(H,64,82)(H,65,83)(H,66,68,70)(H,67,69,71)(H2,72,73,74,75,88)/t37-,38-,39+,40+,47+,48+,49-,50-/m0/s1. The number of imidazole rings is 2. The quantitative estimate of drug-likeness (QED) is 0.0457. The fourth-order valence-corrected chi connectivity index (χ4v) is 11.3. The maximum Gasteiger partial charge on any atom is 0.328 e. The van der Waals surface area contributed by atoms with E-state index in [1.54, 1.807) is 37.6 Å². The number of methoxy groups -OCH3 is 4. The maximum absolute atomic E-state index is 13.8. The number of urea groups is 1. The summed E-state index contributed by atoms with van der Waals surface area (Å²) in [6.07, 6.45) is -0.246. The molecule has 10 aromatic rings. The molecule has 2 saturated carbocycles. The molecular weight excluding hydrogens is 1200 g/mol. The van der Waals surface area contributed by atoms with E-state index in [2.05, 4.69) is 52.1 Å². The average Bonchev–Trinajstić information content (AvgIpc) is 1.56. The molecule has 12 N–H and O–H groups in total. The smallest absolute Gasteiger partial charge is 0.328 e. The Hall–Kier alpha value is -11.0. The zero-order valence-corrected chi connectivity index (χ0v) is 49.5. The summed E-state index contributed by atoms with van der Waals surface area (Å²) >= 11 is 0. The van der Waals surface area contributed by atoms with Gasteiger partial charge < -0.3 is 80.0 Å². The number of aliphatic hydroxyl groups excluding tert-OH is 6. The van der Waals surface area contributed by atoms with Crippen LogP contribution in [0.4, 0.5) is 28.3 Å². The lowest BCUT2D eigenvalue weighted by Crippen LogP contribution is -2.44. The average molecular weight is 1260 g/mol. The third-order valence-corrected chi connectivity index (χ3v) is 16.0. The number of nitrogens with zero attached hydrogens (tertiary/aromatic N) is 14. The fourth-order valence-electron chi connectivity index (χ4n) is 11.3. The van der Waals surface area contributed by atoms with Gasteiger partial charge in [-0.1, -0.05) is 48.5 Å². The van der Waals surface area contributed by atoms with Gasteiger partial charge in [0.15, 0.2) is 34.0 Å². The number of hydrogen-bond acceptors (Lipinski definition) is 25.